The summed E-state index contributed by atoms with van der Waals surface area (Å²) in [7, 11) is 1.59. The van der Waals surface area contributed by atoms with Crippen LogP contribution in [0.1, 0.15) is 24.8 Å². The topological polar surface area (TPSA) is 67.9 Å². The molecule has 1 N–H and O–H groups in total. The van der Waals surface area contributed by atoms with Gasteiger partial charge in [-0.15, -0.1) is 0 Å². The fraction of sp³-hybridized carbons (Fsp3) is 0.391. The standard InChI is InChI=1S/C23H28N2O4/c1-17-8-9-21(28-2)20(16-17)24-23(27)18-10-13-25(14-11-18)22(26)12-15-29-19-6-4-3-5-7-19/h3-9,16,18H,10-15H2,1-2H3,(H,24,27). The number of para-hydroxylation sites is 1. The molecule has 2 aromatic rings. The second-order valence-electron chi connectivity index (χ2n) is 7.26. The number of carbonyl (C=O) groups is 2. The predicted molar refractivity (Wildman–Crippen MR) is 112 cm³/mol. The molecule has 29 heavy (non-hydrogen) atoms. The van der Waals surface area contributed by atoms with Crippen molar-refractivity contribution in [3.8, 4) is 11.5 Å². The summed E-state index contributed by atoms with van der Waals surface area (Å²) < 4.78 is 10.9. The summed E-state index contributed by atoms with van der Waals surface area (Å²) in [5.41, 5.74) is 1.74. The molecule has 0 spiro atoms. The average Bonchev–Trinajstić information content (AvgIpc) is 2.74. The van der Waals surface area contributed by atoms with Crippen LogP contribution in [0.2, 0.25) is 0 Å². The van der Waals surface area contributed by atoms with E-state index in [0.717, 1.165) is 11.3 Å². The Balaban J connectivity index is 1.44. The second kappa shape index (κ2) is 9.96. The Bertz CT molecular complexity index is 830. The summed E-state index contributed by atoms with van der Waals surface area (Å²) in [5, 5.41) is 2.98. The van der Waals surface area contributed by atoms with Crippen LogP contribution in [-0.4, -0.2) is 43.5 Å². The van der Waals surface area contributed by atoms with Gasteiger partial charge in [-0.2, -0.15) is 0 Å². The number of aryl methyl sites for hydroxylation is 1. The molecule has 0 radical (unpaired) electrons. The van der Waals surface area contributed by atoms with Gasteiger partial charge in [-0.1, -0.05) is 24.3 Å². The highest BCUT2D eigenvalue weighted by molar-refractivity contribution is 5.94. The van der Waals surface area contributed by atoms with E-state index in [1.807, 2.05) is 60.4 Å². The van der Waals surface area contributed by atoms with E-state index < -0.39 is 0 Å². The maximum absolute atomic E-state index is 12.7. The SMILES string of the molecule is COc1ccc(C)cc1NC(=O)C1CCN(C(=O)CCOc2ccccc2)CC1. The number of likely N-dealkylation sites (tertiary alicyclic amines) is 1. The van der Waals surface area contributed by atoms with E-state index in [1.165, 1.54) is 0 Å². The summed E-state index contributed by atoms with van der Waals surface area (Å²) >= 11 is 0. The normalized spacial score (nSPS) is 14.3. The summed E-state index contributed by atoms with van der Waals surface area (Å²) in [4.78, 5) is 26.9. The van der Waals surface area contributed by atoms with Crippen molar-refractivity contribution in [3.05, 3.63) is 54.1 Å². The number of carbonyl (C=O) groups excluding carboxylic acids is 2. The van der Waals surface area contributed by atoms with Crippen LogP contribution in [0.15, 0.2) is 48.5 Å². The zero-order chi connectivity index (χ0) is 20.6. The molecule has 0 aliphatic carbocycles. The predicted octanol–water partition coefficient (Wildman–Crippen LogP) is 3.65. The number of nitrogens with zero attached hydrogens (tertiary/aromatic N) is 1. The van der Waals surface area contributed by atoms with E-state index in [1.54, 1.807) is 7.11 Å². The lowest BCUT2D eigenvalue weighted by atomic mass is 9.95. The van der Waals surface area contributed by atoms with E-state index in [2.05, 4.69) is 5.32 Å². The third-order valence-electron chi connectivity index (χ3n) is 5.16. The van der Waals surface area contributed by atoms with E-state index in [4.69, 9.17) is 9.47 Å². The number of nitrogens with one attached hydrogen (secondary N) is 1. The molecule has 2 aromatic carbocycles. The summed E-state index contributed by atoms with van der Waals surface area (Å²) in [5.74, 6) is 1.36. The number of anilines is 1. The number of hydrogen-bond donors (Lipinski definition) is 1. The van der Waals surface area contributed by atoms with Crippen LogP contribution in [0.3, 0.4) is 0 Å². The van der Waals surface area contributed by atoms with Crippen LogP contribution in [0.5, 0.6) is 11.5 Å². The van der Waals surface area contributed by atoms with E-state index in [9.17, 15) is 9.59 Å². The van der Waals surface area contributed by atoms with Crippen molar-refractivity contribution in [1.82, 2.24) is 4.90 Å². The number of hydrogen-bond acceptors (Lipinski definition) is 4. The molecule has 2 amide bonds. The van der Waals surface area contributed by atoms with Gasteiger partial charge < -0.3 is 19.7 Å². The minimum absolute atomic E-state index is 0.0200. The van der Waals surface area contributed by atoms with E-state index >= 15 is 0 Å². The van der Waals surface area contributed by atoms with Gasteiger partial charge in [0.2, 0.25) is 11.8 Å². The number of piperidine rings is 1. The van der Waals surface area contributed by atoms with Gasteiger partial charge in [0.15, 0.2) is 0 Å². The second-order valence-corrected chi connectivity index (χ2v) is 7.26. The highest BCUT2D eigenvalue weighted by Gasteiger charge is 2.27. The minimum atomic E-state index is -0.107. The average molecular weight is 396 g/mol. The molecule has 0 bridgehead atoms. The van der Waals surface area contributed by atoms with E-state index in [-0.39, 0.29) is 17.7 Å². The fourth-order valence-electron chi connectivity index (χ4n) is 3.48. The summed E-state index contributed by atoms with van der Waals surface area (Å²) in [6.45, 7) is 3.51. The van der Waals surface area contributed by atoms with Gasteiger partial charge in [-0.3, -0.25) is 9.59 Å². The maximum atomic E-state index is 12.7. The van der Waals surface area contributed by atoms with Crippen LogP contribution in [0, 0.1) is 12.8 Å². The van der Waals surface area contributed by atoms with Crippen LogP contribution < -0.4 is 14.8 Å². The van der Waals surface area contributed by atoms with Crippen molar-refractivity contribution in [2.45, 2.75) is 26.2 Å². The largest absolute Gasteiger partial charge is 0.495 e. The molecule has 0 unspecified atom stereocenters. The quantitative estimate of drug-likeness (QED) is 0.776. The molecule has 6 heteroatoms. The number of amides is 2. The molecule has 0 atom stereocenters. The molecule has 1 heterocycles. The van der Waals surface area contributed by atoms with Crippen molar-refractivity contribution in [1.29, 1.82) is 0 Å². The highest BCUT2D eigenvalue weighted by atomic mass is 16.5. The molecule has 0 aromatic heterocycles. The Labute approximate surface area is 171 Å². The van der Waals surface area contributed by atoms with Gasteiger partial charge in [0.1, 0.15) is 11.5 Å². The zero-order valence-corrected chi connectivity index (χ0v) is 17.0. The lowest BCUT2D eigenvalue weighted by Gasteiger charge is -2.31. The minimum Gasteiger partial charge on any atom is -0.495 e. The number of benzene rings is 2. The molecule has 0 saturated carbocycles. The smallest absolute Gasteiger partial charge is 0.227 e. The number of rotatable bonds is 7. The van der Waals surface area contributed by atoms with Gasteiger partial charge in [0, 0.05) is 19.0 Å². The fourth-order valence-corrected chi connectivity index (χ4v) is 3.48. The van der Waals surface area contributed by atoms with Crippen LogP contribution >= 0.6 is 0 Å². The summed E-state index contributed by atoms with van der Waals surface area (Å²) in [6, 6.07) is 15.2. The third-order valence-corrected chi connectivity index (χ3v) is 5.16. The Kier molecular flexibility index (Phi) is 7.11. The van der Waals surface area contributed by atoms with Gasteiger partial charge in [0.25, 0.3) is 0 Å². The number of ether oxygens (including phenoxy) is 2. The molecular formula is C23H28N2O4. The Morgan fingerprint density at radius 3 is 2.52 bits per heavy atom. The first-order chi connectivity index (χ1) is 14.1. The molecule has 154 valence electrons. The molecule has 1 saturated heterocycles. The molecule has 1 fully saturated rings. The first kappa shape index (κ1) is 20.7. The molecule has 1 aliphatic heterocycles. The van der Waals surface area contributed by atoms with Crippen molar-refractivity contribution in [2.24, 2.45) is 5.92 Å². The van der Waals surface area contributed by atoms with Crippen LogP contribution in [0.4, 0.5) is 5.69 Å². The van der Waals surface area contributed by atoms with Crippen molar-refractivity contribution >= 4 is 17.5 Å². The lowest BCUT2D eigenvalue weighted by Crippen LogP contribution is -2.41. The first-order valence-corrected chi connectivity index (χ1v) is 9.98. The van der Waals surface area contributed by atoms with Crippen molar-refractivity contribution < 1.29 is 19.1 Å². The lowest BCUT2D eigenvalue weighted by molar-refractivity contribution is -0.135. The molecular weight excluding hydrogens is 368 g/mol. The molecule has 1 aliphatic rings. The first-order valence-electron chi connectivity index (χ1n) is 9.98. The van der Waals surface area contributed by atoms with Gasteiger partial charge in [-0.25, -0.2) is 0 Å². The van der Waals surface area contributed by atoms with Crippen LogP contribution in [0.25, 0.3) is 0 Å². The van der Waals surface area contributed by atoms with E-state index in [0.29, 0.717) is 50.4 Å². The van der Waals surface area contributed by atoms with Crippen LogP contribution in [-0.2, 0) is 9.59 Å². The number of methoxy groups -OCH3 is 1. The molecule has 3 rings (SSSR count). The highest BCUT2D eigenvalue weighted by Crippen LogP contribution is 2.27. The Morgan fingerprint density at radius 1 is 1.10 bits per heavy atom. The third kappa shape index (κ3) is 5.73. The van der Waals surface area contributed by atoms with Gasteiger partial charge in [-0.05, 0) is 49.6 Å². The maximum Gasteiger partial charge on any atom is 0.227 e. The summed E-state index contributed by atoms with van der Waals surface area (Å²) in [6.07, 6.45) is 1.66. The van der Waals surface area contributed by atoms with Gasteiger partial charge >= 0.3 is 0 Å². The van der Waals surface area contributed by atoms with Crippen molar-refractivity contribution in [2.75, 3.05) is 32.1 Å². The monoisotopic (exact) mass is 396 g/mol. The van der Waals surface area contributed by atoms with Gasteiger partial charge in [0.05, 0.1) is 25.8 Å². The van der Waals surface area contributed by atoms with Crippen molar-refractivity contribution in [3.63, 3.8) is 0 Å². The molecule has 6 nitrogen and oxygen atoms in total. The Morgan fingerprint density at radius 2 is 1.83 bits per heavy atom. The Hall–Kier alpha value is -3.02. The zero-order valence-electron chi connectivity index (χ0n) is 17.0.